The quantitative estimate of drug-likeness (QED) is 0.210. The van der Waals surface area contributed by atoms with Gasteiger partial charge in [0.25, 0.3) is 20.2 Å². The van der Waals surface area contributed by atoms with Crippen LogP contribution in [0.2, 0.25) is 0 Å². The van der Waals surface area contributed by atoms with E-state index in [4.69, 9.17) is 14.0 Å². The molecule has 0 saturated heterocycles. The highest BCUT2D eigenvalue weighted by atomic mass is 32.2. The third-order valence-electron chi connectivity index (χ3n) is 2.97. The number of hydrazone groups is 1. The van der Waals surface area contributed by atoms with E-state index in [-0.39, 0.29) is 13.2 Å². The standard InChI is InChI=1S/C14H18N2O10S2/c1-3-25-13(17)8-11(14(18)26-4-2)16-15-10-7-9(27(19,20)21)5-6-12(10)28(22,23)24/h5-7,15H,3-4,8H2,1-2H3,(H,19,20,21)(H,22,23,24)/b16-11+. The van der Waals surface area contributed by atoms with Gasteiger partial charge in [0.2, 0.25) is 0 Å². The van der Waals surface area contributed by atoms with E-state index in [0.717, 1.165) is 6.07 Å². The molecule has 14 heteroatoms. The van der Waals surface area contributed by atoms with Crippen LogP contribution < -0.4 is 5.43 Å². The Morgan fingerprint density at radius 1 is 1.04 bits per heavy atom. The van der Waals surface area contributed by atoms with Gasteiger partial charge in [-0.2, -0.15) is 21.9 Å². The summed E-state index contributed by atoms with van der Waals surface area (Å²) in [5.41, 5.74) is 1.00. The second-order valence-corrected chi connectivity index (χ2v) is 7.79. The second kappa shape index (κ2) is 9.59. The van der Waals surface area contributed by atoms with Crippen molar-refractivity contribution in [3.05, 3.63) is 18.2 Å². The van der Waals surface area contributed by atoms with Gasteiger partial charge in [0.1, 0.15) is 4.90 Å². The lowest BCUT2D eigenvalue weighted by Gasteiger charge is -2.10. The normalized spacial score (nSPS) is 12.4. The molecule has 0 fully saturated rings. The number of nitrogens with one attached hydrogen (secondary N) is 1. The third kappa shape index (κ3) is 6.88. The first-order valence-corrected chi connectivity index (χ1v) is 10.5. The van der Waals surface area contributed by atoms with Gasteiger partial charge in [0.15, 0.2) is 5.71 Å². The highest BCUT2D eigenvalue weighted by Crippen LogP contribution is 2.25. The van der Waals surface area contributed by atoms with E-state index in [1.807, 2.05) is 0 Å². The second-order valence-electron chi connectivity index (χ2n) is 4.98. The number of carbonyl (C=O) groups is 2. The molecule has 0 aliphatic heterocycles. The van der Waals surface area contributed by atoms with Gasteiger partial charge in [-0.05, 0) is 32.0 Å². The Kier molecular flexibility index (Phi) is 8.04. The van der Waals surface area contributed by atoms with E-state index < -0.39 is 59.8 Å². The fraction of sp³-hybridized carbons (Fsp3) is 0.357. The van der Waals surface area contributed by atoms with Crippen molar-refractivity contribution in [2.45, 2.75) is 30.1 Å². The number of nitrogens with zero attached hydrogens (tertiary/aromatic N) is 1. The van der Waals surface area contributed by atoms with Crippen LogP contribution in [0.4, 0.5) is 5.69 Å². The van der Waals surface area contributed by atoms with Gasteiger partial charge in [0.05, 0.1) is 30.2 Å². The molecule has 12 nitrogen and oxygen atoms in total. The third-order valence-corrected chi connectivity index (χ3v) is 4.73. The Bertz CT molecular complexity index is 983. The lowest BCUT2D eigenvalue weighted by molar-refractivity contribution is -0.143. The molecule has 0 saturated carbocycles. The topological polar surface area (TPSA) is 186 Å². The van der Waals surface area contributed by atoms with E-state index >= 15 is 0 Å². The van der Waals surface area contributed by atoms with Gasteiger partial charge in [-0.25, -0.2) is 4.79 Å². The molecular weight excluding hydrogens is 420 g/mol. The number of hydrogen-bond acceptors (Lipinski definition) is 10. The molecule has 0 unspecified atom stereocenters. The first-order chi connectivity index (χ1) is 12.9. The summed E-state index contributed by atoms with van der Waals surface area (Å²) in [7, 11) is -9.53. The maximum Gasteiger partial charge on any atom is 0.355 e. The molecule has 0 heterocycles. The van der Waals surface area contributed by atoms with Gasteiger partial charge in [-0.15, -0.1) is 0 Å². The first-order valence-electron chi connectivity index (χ1n) is 7.64. The molecule has 156 valence electrons. The van der Waals surface area contributed by atoms with Crippen LogP contribution in [0.25, 0.3) is 0 Å². The summed E-state index contributed by atoms with van der Waals surface area (Å²) in [5, 5.41) is 3.57. The van der Waals surface area contributed by atoms with Crippen molar-refractivity contribution in [2.75, 3.05) is 18.6 Å². The fourth-order valence-electron chi connectivity index (χ4n) is 1.83. The molecule has 1 rings (SSSR count). The molecule has 0 bridgehead atoms. The highest BCUT2D eigenvalue weighted by Gasteiger charge is 2.22. The lowest BCUT2D eigenvalue weighted by Crippen LogP contribution is -2.23. The Hall–Kier alpha value is -2.55. The minimum absolute atomic E-state index is 0.0334. The van der Waals surface area contributed by atoms with Crippen molar-refractivity contribution in [1.29, 1.82) is 0 Å². The molecule has 0 aromatic heterocycles. The summed E-state index contributed by atoms with van der Waals surface area (Å²) in [6, 6.07) is 2.10. The van der Waals surface area contributed by atoms with Crippen LogP contribution in [0.3, 0.4) is 0 Å². The molecule has 1 aromatic rings. The predicted octanol–water partition coefficient (Wildman–Crippen LogP) is 0.464. The molecule has 0 aliphatic rings. The predicted molar refractivity (Wildman–Crippen MR) is 95.0 cm³/mol. The van der Waals surface area contributed by atoms with Gasteiger partial charge >= 0.3 is 11.9 Å². The first kappa shape index (κ1) is 23.5. The number of esters is 2. The van der Waals surface area contributed by atoms with Crippen LogP contribution >= 0.6 is 0 Å². The number of anilines is 1. The summed E-state index contributed by atoms with van der Waals surface area (Å²) in [5.74, 6) is -1.83. The van der Waals surface area contributed by atoms with E-state index in [1.165, 1.54) is 13.8 Å². The summed E-state index contributed by atoms with van der Waals surface area (Å²) in [6.07, 6.45) is -0.626. The number of benzene rings is 1. The molecule has 0 radical (unpaired) electrons. The SMILES string of the molecule is CCOC(=O)C/C(=N\Nc1cc(S(=O)(=O)O)ccc1S(=O)(=O)O)C(=O)OCC. The van der Waals surface area contributed by atoms with Crippen molar-refractivity contribution < 1.29 is 45.0 Å². The summed E-state index contributed by atoms with van der Waals surface area (Å²) in [4.78, 5) is 22.0. The maximum absolute atomic E-state index is 11.9. The Morgan fingerprint density at radius 3 is 2.14 bits per heavy atom. The molecule has 0 amide bonds. The average molecular weight is 438 g/mol. The molecule has 1 aromatic carbocycles. The van der Waals surface area contributed by atoms with Crippen molar-refractivity contribution in [3.63, 3.8) is 0 Å². The van der Waals surface area contributed by atoms with Gasteiger partial charge in [0, 0.05) is 0 Å². The monoisotopic (exact) mass is 438 g/mol. The number of carbonyl (C=O) groups excluding carboxylic acids is 2. The zero-order valence-electron chi connectivity index (χ0n) is 14.8. The van der Waals surface area contributed by atoms with Crippen LogP contribution in [-0.4, -0.2) is 56.8 Å². The van der Waals surface area contributed by atoms with Crippen molar-refractivity contribution in [1.82, 2.24) is 0 Å². The minimum Gasteiger partial charge on any atom is -0.466 e. The van der Waals surface area contributed by atoms with Gasteiger partial charge < -0.3 is 9.47 Å². The zero-order chi connectivity index (χ0) is 21.5. The van der Waals surface area contributed by atoms with E-state index in [9.17, 15) is 31.0 Å². The van der Waals surface area contributed by atoms with E-state index in [2.05, 4.69) is 10.5 Å². The Balaban J connectivity index is 3.39. The molecule has 28 heavy (non-hydrogen) atoms. The van der Waals surface area contributed by atoms with E-state index in [0.29, 0.717) is 12.1 Å². The lowest BCUT2D eigenvalue weighted by atomic mass is 10.3. The van der Waals surface area contributed by atoms with Crippen LogP contribution in [0.5, 0.6) is 0 Å². The van der Waals surface area contributed by atoms with Crippen LogP contribution in [0.1, 0.15) is 20.3 Å². The fourth-order valence-corrected chi connectivity index (χ4v) is 2.96. The number of ether oxygens (including phenoxy) is 2. The molecule has 0 aliphatic carbocycles. The Morgan fingerprint density at radius 2 is 1.64 bits per heavy atom. The van der Waals surface area contributed by atoms with Crippen LogP contribution in [0.15, 0.2) is 33.1 Å². The number of hydrogen-bond donors (Lipinski definition) is 3. The maximum atomic E-state index is 11.9. The van der Waals surface area contributed by atoms with Crippen LogP contribution in [-0.2, 0) is 39.3 Å². The van der Waals surface area contributed by atoms with Crippen molar-refractivity contribution in [3.8, 4) is 0 Å². The van der Waals surface area contributed by atoms with Crippen molar-refractivity contribution in [2.24, 2.45) is 5.10 Å². The largest absolute Gasteiger partial charge is 0.466 e. The number of rotatable bonds is 9. The van der Waals surface area contributed by atoms with Gasteiger partial charge in [-0.3, -0.25) is 19.3 Å². The van der Waals surface area contributed by atoms with Gasteiger partial charge in [-0.1, -0.05) is 0 Å². The van der Waals surface area contributed by atoms with Crippen molar-refractivity contribution >= 4 is 43.6 Å². The molecule has 0 spiro atoms. The molecule has 0 atom stereocenters. The highest BCUT2D eigenvalue weighted by molar-refractivity contribution is 7.86. The summed E-state index contributed by atoms with van der Waals surface area (Å²) in [6.45, 7) is 3.02. The van der Waals surface area contributed by atoms with E-state index in [1.54, 1.807) is 0 Å². The summed E-state index contributed by atoms with van der Waals surface area (Å²) < 4.78 is 73.1. The minimum atomic E-state index is -4.82. The summed E-state index contributed by atoms with van der Waals surface area (Å²) >= 11 is 0. The molecule has 3 N–H and O–H groups in total. The Labute approximate surface area is 161 Å². The zero-order valence-corrected chi connectivity index (χ0v) is 16.4. The molecular formula is C14H18N2O10S2. The average Bonchev–Trinajstić information content (AvgIpc) is 2.57. The van der Waals surface area contributed by atoms with Crippen LogP contribution in [0, 0.1) is 0 Å². The smallest absolute Gasteiger partial charge is 0.355 e.